The summed E-state index contributed by atoms with van der Waals surface area (Å²) in [7, 11) is 0. The molecular weight excluding hydrogens is 164 g/mol. The maximum absolute atomic E-state index is 11.5. The summed E-state index contributed by atoms with van der Waals surface area (Å²) < 4.78 is 0. The second kappa shape index (κ2) is 4.06. The second-order valence-electron chi connectivity index (χ2n) is 3.22. The Morgan fingerprint density at radius 1 is 1.62 bits per heavy atom. The molecule has 1 heterocycles. The Hall–Kier alpha value is -1.34. The number of rotatable bonds is 2. The summed E-state index contributed by atoms with van der Waals surface area (Å²) in [5.41, 5.74) is 0.789. The molecule has 0 spiro atoms. The van der Waals surface area contributed by atoms with Gasteiger partial charge in [-0.2, -0.15) is 0 Å². The summed E-state index contributed by atoms with van der Waals surface area (Å²) in [6, 6.07) is 0. The van der Waals surface area contributed by atoms with Crippen LogP contribution in [0.1, 0.15) is 20.8 Å². The number of aliphatic imine (C=N–C) groups is 1. The van der Waals surface area contributed by atoms with E-state index in [0.29, 0.717) is 6.54 Å². The zero-order chi connectivity index (χ0) is 9.84. The first-order valence-corrected chi connectivity index (χ1v) is 4.47. The number of hydrogen-bond acceptors (Lipinski definition) is 2. The SMILES string of the molecule is CCN1C=C=NC(C(C)C)=CC1=O. The summed E-state index contributed by atoms with van der Waals surface area (Å²) in [5.74, 6) is 3.00. The summed E-state index contributed by atoms with van der Waals surface area (Å²) >= 11 is 0. The lowest BCUT2D eigenvalue weighted by Gasteiger charge is -2.10. The van der Waals surface area contributed by atoms with Crippen LogP contribution >= 0.6 is 0 Å². The van der Waals surface area contributed by atoms with Crippen molar-refractivity contribution in [3.05, 3.63) is 18.0 Å². The van der Waals surface area contributed by atoms with Gasteiger partial charge in [0.25, 0.3) is 5.91 Å². The highest BCUT2D eigenvalue weighted by molar-refractivity contribution is 5.91. The number of allylic oxidation sites excluding steroid dienone is 1. The van der Waals surface area contributed by atoms with E-state index in [0.717, 1.165) is 5.70 Å². The Morgan fingerprint density at radius 2 is 2.31 bits per heavy atom. The predicted molar refractivity (Wildman–Crippen MR) is 52.3 cm³/mol. The van der Waals surface area contributed by atoms with E-state index >= 15 is 0 Å². The minimum absolute atomic E-state index is 0.0139. The van der Waals surface area contributed by atoms with E-state index in [1.54, 1.807) is 17.2 Å². The normalized spacial score (nSPS) is 16.5. The Labute approximate surface area is 78.5 Å². The van der Waals surface area contributed by atoms with Gasteiger partial charge in [-0.15, -0.1) is 0 Å². The van der Waals surface area contributed by atoms with Crippen molar-refractivity contribution >= 4 is 11.8 Å². The van der Waals surface area contributed by atoms with Crippen LogP contribution in [0.4, 0.5) is 0 Å². The van der Waals surface area contributed by atoms with Crippen LogP contribution in [0.3, 0.4) is 0 Å². The summed E-state index contributed by atoms with van der Waals surface area (Å²) in [6.45, 7) is 6.59. The van der Waals surface area contributed by atoms with Gasteiger partial charge in [0.05, 0.1) is 11.9 Å². The van der Waals surface area contributed by atoms with E-state index in [-0.39, 0.29) is 11.8 Å². The molecule has 1 aliphatic rings. The highest BCUT2D eigenvalue weighted by Gasteiger charge is 2.11. The standard InChI is InChI=1S/C10H14N2O/c1-4-12-6-5-11-9(8(2)3)7-10(12)13/h6-8H,4H2,1-3H3. The maximum Gasteiger partial charge on any atom is 0.252 e. The van der Waals surface area contributed by atoms with Crippen LogP contribution in [0.2, 0.25) is 0 Å². The fourth-order valence-corrected chi connectivity index (χ4v) is 1.02. The molecule has 13 heavy (non-hydrogen) atoms. The molecule has 1 amide bonds. The smallest absolute Gasteiger partial charge is 0.252 e. The molecule has 0 unspecified atom stereocenters. The first-order chi connectivity index (χ1) is 6.15. The van der Waals surface area contributed by atoms with Gasteiger partial charge in [-0.1, -0.05) is 13.8 Å². The van der Waals surface area contributed by atoms with Gasteiger partial charge in [0.1, 0.15) is 0 Å². The molecule has 0 aromatic carbocycles. The number of nitrogens with zero attached hydrogens (tertiary/aromatic N) is 2. The highest BCUT2D eigenvalue weighted by Crippen LogP contribution is 2.12. The van der Waals surface area contributed by atoms with E-state index in [2.05, 4.69) is 10.9 Å². The van der Waals surface area contributed by atoms with E-state index in [1.807, 2.05) is 20.8 Å². The molecule has 0 bridgehead atoms. The quantitative estimate of drug-likeness (QED) is 0.631. The van der Waals surface area contributed by atoms with E-state index in [4.69, 9.17) is 0 Å². The average Bonchev–Trinajstić information content (AvgIpc) is 2.26. The number of hydrogen-bond donors (Lipinski definition) is 0. The van der Waals surface area contributed by atoms with Crippen LogP contribution in [0.25, 0.3) is 0 Å². The minimum Gasteiger partial charge on any atom is -0.307 e. The Balaban J connectivity index is 2.95. The van der Waals surface area contributed by atoms with Crippen molar-refractivity contribution < 1.29 is 4.79 Å². The van der Waals surface area contributed by atoms with Crippen LogP contribution in [0.15, 0.2) is 23.0 Å². The zero-order valence-electron chi connectivity index (χ0n) is 8.24. The van der Waals surface area contributed by atoms with Gasteiger partial charge in [-0.3, -0.25) is 4.79 Å². The fourth-order valence-electron chi connectivity index (χ4n) is 1.02. The lowest BCUT2D eigenvalue weighted by Crippen LogP contribution is -2.23. The molecule has 3 nitrogen and oxygen atoms in total. The van der Waals surface area contributed by atoms with Crippen LogP contribution in [0.5, 0.6) is 0 Å². The molecule has 0 saturated heterocycles. The first kappa shape index (κ1) is 9.75. The van der Waals surface area contributed by atoms with Crippen molar-refractivity contribution in [3.8, 4) is 0 Å². The highest BCUT2D eigenvalue weighted by atomic mass is 16.2. The Bertz CT molecular complexity index is 296. The molecule has 0 aromatic heterocycles. The van der Waals surface area contributed by atoms with Crippen LogP contribution < -0.4 is 0 Å². The second-order valence-corrected chi connectivity index (χ2v) is 3.22. The molecule has 0 aliphatic carbocycles. The van der Waals surface area contributed by atoms with E-state index < -0.39 is 0 Å². The molecule has 1 rings (SSSR count). The van der Waals surface area contributed by atoms with E-state index in [9.17, 15) is 4.79 Å². The molecule has 0 atom stereocenters. The summed E-state index contributed by atoms with van der Waals surface area (Å²) in [4.78, 5) is 17.1. The van der Waals surface area contributed by atoms with E-state index in [1.165, 1.54) is 0 Å². The number of likely N-dealkylation sites (N-methyl/N-ethyl adjacent to an activating group) is 1. The summed E-state index contributed by atoms with van der Waals surface area (Å²) in [5, 5.41) is 0. The van der Waals surface area contributed by atoms with Crippen molar-refractivity contribution in [1.29, 1.82) is 0 Å². The molecule has 0 aromatic rings. The van der Waals surface area contributed by atoms with Gasteiger partial charge in [-0.05, 0) is 12.8 Å². The van der Waals surface area contributed by atoms with Crippen molar-refractivity contribution in [2.24, 2.45) is 10.9 Å². The first-order valence-electron chi connectivity index (χ1n) is 4.47. The molecule has 3 heteroatoms. The minimum atomic E-state index is -0.0139. The third kappa shape index (κ3) is 2.30. The number of carbonyl (C=O) groups is 1. The zero-order valence-corrected chi connectivity index (χ0v) is 8.24. The van der Waals surface area contributed by atoms with Crippen molar-refractivity contribution in [3.63, 3.8) is 0 Å². The largest absolute Gasteiger partial charge is 0.307 e. The molecular formula is C10H14N2O. The van der Waals surface area contributed by atoms with Crippen molar-refractivity contribution in [2.45, 2.75) is 20.8 Å². The fraction of sp³-hybridized carbons (Fsp3) is 0.500. The number of carbonyl (C=O) groups excluding carboxylic acids is 1. The molecule has 0 saturated carbocycles. The monoisotopic (exact) mass is 178 g/mol. The Morgan fingerprint density at radius 3 is 2.85 bits per heavy atom. The maximum atomic E-state index is 11.5. The van der Waals surface area contributed by atoms with Gasteiger partial charge in [0.15, 0.2) is 0 Å². The lowest BCUT2D eigenvalue weighted by atomic mass is 10.1. The summed E-state index contributed by atoms with van der Waals surface area (Å²) in [6.07, 6.45) is 3.17. The lowest BCUT2D eigenvalue weighted by molar-refractivity contribution is -0.123. The third-order valence-electron chi connectivity index (χ3n) is 1.89. The average molecular weight is 178 g/mol. The van der Waals surface area contributed by atoms with Crippen LogP contribution in [-0.4, -0.2) is 23.2 Å². The number of amides is 1. The van der Waals surface area contributed by atoms with Gasteiger partial charge >= 0.3 is 0 Å². The Kier molecular flexibility index (Phi) is 3.04. The van der Waals surface area contributed by atoms with Gasteiger partial charge in [0, 0.05) is 18.5 Å². The van der Waals surface area contributed by atoms with Gasteiger partial charge in [0.2, 0.25) is 0 Å². The third-order valence-corrected chi connectivity index (χ3v) is 1.89. The van der Waals surface area contributed by atoms with Crippen LogP contribution in [0, 0.1) is 5.92 Å². The van der Waals surface area contributed by atoms with Crippen molar-refractivity contribution in [1.82, 2.24) is 4.90 Å². The van der Waals surface area contributed by atoms with Crippen molar-refractivity contribution in [2.75, 3.05) is 6.54 Å². The molecule has 70 valence electrons. The molecule has 1 aliphatic heterocycles. The molecule has 0 radical (unpaired) electrons. The van der Waals surface area contributed by atoms with Gasteiger partial charge in [-0.25, -0.2) is 4.99 Å². The van der Waals surface area contributed by atoms with Gasteiger partial charge < -0.3 is 4.90 Å². The van der Waals surface area contributed by atoms with Crippen LogP contribution in [-0.2, 0) is 4.79 Å². The molecule has 0 fully saturated rings. The topological polar surface area (TPSA) is 32.7 Å². The predicted octanol–water partition coefficient (Wildman–Crippen LogP) is 1.57. The molecule has 0 N–H and O–H groups in total.